The van der Waals surface area contributed by atoms with Gasteiger partial charge in [0.1, 0.15) is 0 Å². The predicted molar refractivity (Wildman–Crippen MR) is 42.0 cm³/mol. The molecule has 0 aliphatic carbocycles. The van der Waals surface area contributed by atoms with E-state index in [9.17, 15) is 4.39 Å². The van der Waals surface area contributed by atoms with Gasteiger partial charge in [-0.25, -0.2) is 0 Å². The second-order valence-electron chi connectivity index (χ2n) is 2.48. The lowest BCUT2D eigenvalue weighted by atomic mass is 10.4. The molecule has 1 aromatic heterocycles. The Hall–Kier alpha value is -1.06. The number of aryl methyl sites for hydroxylation is 2. The molecule has 0 fully saturated rings. The van der Waals surface area contributed by atoms with Crippen molar-refractivity contribution in [2.75, 3.05) is 12.4 Å². The molecule has 0 spiro atoms. The first kappa shape index (κ1) is 8.04. The second kappa shape index (κ2) is 3.37. The van der Waals surface area contributed by atoms with Crippen molar-refractivity contribution in [3.8, 4) is 0 Å². The van der Waals surface area contributed by atoms with Crippen LogP contribution in [0.25, 0.3) is 0 Å². The number of halogens is 1. The SMILES string of the molecule is Cc1nn(CCCF)cc1N. The highest BCUT2D eigenvalue weighted by Gasteiger charge is 1.98. The van der Waals surface area contributed by atoms with Gasteiger partial charge in [0.25, 0.3) is 0 Å². The van der Waals surface area contributed by atoms with Gasteiger partial charge < -0.3 is 5.73 Å². The van der Waals surface area contributed by atoms with E-state index in [2.05, 4.69) is 5.10 Å². The largest absolute Gasteiger partial charge is 0.396 e. The van der Waals surface area contributed by atoms with Crippen molar-refractivity contribution in [3.63, 3.8) is 0 Å². The molecule has 0 atom stereocenters. The van der Waals surface area contributed by atoms with E-state index in [4.69, 9.17) is 5.73 Å². The van der Waals surface area contributed by atoms with E-state index >= 15 is 0 Å². The molecule has 1 rings (SSSR count). The molecule has 0 radical (unpaired) electrons. The van der Waals surface area contributed by atoms with Crippen LogP contribution in [0.3, 0.4) is 0 Å². The summed E-state index contributed by atoms with van der Waals surface area (Å²) in [7, 11) is 0. The number of nitrogen functional groups attached to an aromatic ring is 1. The summed E-state index contributed by atoms with van der Waals surface area (Å²) in [5.41, 5.74) is 7.01. The highest BCUT2D eigenvalue weighted by atomic mass is 19.1. The van der Waals surface area contributed by atoms with Crippen LogP contribution in [0.15, 0.2) is 6.20 Å². The van der Waals surface area contributed by atoms with Crippen LogP contribution < -0.4 is 5.73 Å². The Kier molecular flexibility index (Phi) is 2.46. The Balaban J connectivity index is 2.58. The van der Waals surface area contributed by atoms with Gasteiger partial charge >= 0.3 is 0 Å². The highest BCUT2D eigenvalue weighted by molar-refractivity contribution is 5.39. The van der Waals surface area contributed by atoms with Gasteiger partial charge in [0.2, 0.25) is 0 Å². The molecule has 0 amide bonds. The van der Waals surface area contributed by atoms with Gasteiger partial charge in [-0.3, -0.25) is 9.07 Å². The van der Waals surface area contributed by atoms with Gasteiger partial charge in [0, 0.05) is 12.7 Å². The number of alkyl halides is 1. The van der Waals surface area contributed by atoms with Crippen LogP contribution in [0.5, 0.6) is 0 Å². The molecule has 2 N–H and O–H groups in total. The fourth-order valence-electron chi connectivity index (χ4n) is 0.870. The van der Waals surface area contributed by atoms with E-state index in [0.717, 1.165) is 5.69 Å². The number of nitrogens with two attached hydrogens (primary N) is 1. The topological polar surface area (TPSA) is 43.8 Å². The number of hydrogen-bond acceptors (Lipinski definition) is 2. The minimum atomic E-state index is -0.307. The van der Waals surface area contributed by atoms with Gasteiger partial charge in [0.05, 0.1) is 18.1 Å². The summed E-state index contributed by atoms with van der Waals surface area (Å²) in [6.45, 7) is 2.13. The Morgan fingerprint density at radius 1 is 1.73 bits per heavy atom. The highest BCUT2D eigenvalue weighted by Crippen LogP contribution is 2.06. The summed E-state index contributed by atoms with van der Waals surface area (Å²) in [4.78, 5) is 0. The fraction of sp³-hybridized carbons (Fsp3) is 0.571. The number of hydrogen-bond donors (Lipinski definition) is 1. The molecule has 0 saturated heterocycles. The summed E-state index contributed by atoms with van der Waals surface area (Å²) in [5, 5.41) is 4.07. The van der Waals surface area contributed by atoms with Crippen molar-refractivity contribution in [2.24, 2.45) is 0 Å². The molecule has 0 bridgehead atoms. The van der Waals surface area contributed by atoms with Crippen molar-refractivity contribution in [1.82, 2.24) is 9.78 Å². The molecule has 1 aromatic rings. The minimum Gasteiger partial charge on any atom is -0.396 e. The Morgan fingerprint density at radius 3 is 2.91 bits per heavy atom. The number of anilines is 1. The van der Waals surface area contributed by atoms with E-state index in [1.165, 1.54) is 0 Å². The van der Waals surface area contributed by atoms with Gasteiger partial charge in [-0.15, -0.1) is 0 Å². The molecule has 4 heteroatoms. The third-order valence-electron chi connectivity index (χ3n) is 1.51. The van der Waals surface area contributed by atoms with Crippen LogP contribution in [0.4, 0.5) is 10.1 Å². The molecule has 62 valence electrons. The quantitative estimate of drug-likeness (QED) is 0.714. The van der Waals surface area contributed by atoms with Crippen molar-refractivity contribution in [1.29, 1.82) is 0 Å². The zero-order valence-corrected chi connectivity index (χ0v) is 6.55. The second-order valence-corrected chi connectivity index (χ2v) is 2.48. The molecule has 0 unspecified atom stereocenters. The number of aromatic nitrogens is 2. The van der Waals surface area contributed by atoms with Crippen LogP contribution >= 0.6 is 0 Å². The van der Waals surface area contributed by atoms with E-state index in [0.29, 0.717) is 18.7 Å². The first-order valence-corrected chi connectivity index (χ1v) is 3.59. The molecule has 0 aromatic carbocycles. The Morgan fingerprint density at radius 2 is 2.45 bits per heavy atom. The average Bonchev–Trinajstić information content (AvgIpc) is 2.28. The summed E-state index contributed by atoms with van der Waals surface area (Å²) in [6.07, 6.45) is 2.23. The molecule has 0 saturated carbocycles. The van der Waals surface area contributed by atoms with E-state index in [-0.39, 0.29) is 6.67 Å². The fourth-order valence-corrected chi connectivity index (χ4v) is 0.870. The molecular formula is C7H12FN3. The molecule has 3 nitrogen and oxygen atoms in total. The van der Waals surface area contributed by atoms with Crippen molar-refractivity contribution < 1.29 is 4.39 Å². The lowest BCUT2D eigenvalue weighted by Gasteiger charge is -1.95. The predicted octanol–water partition coefficient (Wildman–Crippen LogP) is 1.13. The van der Waals surface area contributed by atoms with Gasteiger partial charge in [-0.1, -0.05) is 0 Å². The summed E-state index contributed by atoms with van der Waals surface area (Å²) < 4.78 is 13.4. The van der Waals surface area contributed by atoms with Crippen LogP contribution in [-0.2, 0) is 6.54 Å². The number of rotatable bonds is 3. The maximum atomic E-state index is 11.7. The minimum absolute atomic E-state index is 0.307. The maximum Gasteiger partial charge on any atom is 0.0912 e. The third kappa shape index (κ3) is 1.93. The Labute approximate surface area is 65.0 Å². The molecule has 0 aliphatic heterocycles. The van der Waals surface area contributed by atoms with Crippen LogP contribution in [-0.4, -0.2) is 16.5 Å². The molecule has 11 heavy (non-hydrogen) atoms. The maximum absolute atomic E-state index is 11.7. The van der Waals surface area contributed by atoms with Gasteiger partial charge in [0.15, 0.2) is 0 Å². The monoisotopic (exact) mass is 157 g/mol. The van der Waals surface area contributed by atoms with Crippen LogP contribution in [0.2, 0.25) is 0 Å². The average molecular weight is 157 g/mol. The molecule has 0 aliphatic rings. The molecule has 1 heterocycles. The standard InChI is InChI=1S/C7H12FN3/c1-6-7(9)5-11(10-6)4-2-3-8/h5H,2-4,9H2,1H3. The zero-order valence-electron chi connectivity index (χ0n) is 6.55. The molecular weight excluding hydrogens is 145 g/mol. The van der Waals surface area contributed by atoms with E-state index in [1.54, 1.807) is 10.9 Å². The van der Waals surface area contributed by atoms with E-state index < -0.39 is 0 Å². The zero-order chi connectivity index (χ0) is 8.27. The number of nitrogens with zero attached hydrogens (tertiary/aromatic N) is 2. The van der Waals surface area contributed by atoms with Crippen LogP contribution in [0.1, 0.15) is 12.1 Å². The smallest absolute Gasteiger partial charge is 0.0912 e. The third-order valence-corrected chi connectivity index (χ3v) is 1.51. The lowest BCUT2D eigenvalue weighted by Crippen LogP contribution is -1.99. The van der Waals surface area contributed by atoms with Crippen molar-refractivity contribution in [3.05, 3.63) is 11.9 Å². The van der Waals surface area contributed by atoms with Crippen molar-refractivity contribution in [2.45, 2.75) is 19.9 Å². The first-order valence-electron chi connectivity index (χ1n) is 3.59. The summed E-state index contributed by atoms with van der Waals surface area (Å²) in [5.74, 6) is 0. The normalized spacial score (nSPS) is 10.4. The van der Waals surface area contributed by atoms with Gasteiger partial charge in [-0.05, 0) is 13.3 Å². The summed E-state index contributed by atoms with van der Waals surface area (Å²) >= 11 is 0. The Bertz CT molecular complexity index is 212. The van der Waals surface area contributed by atoms with E-state index in [1.807, 2.05) is 6.92 Å². The van der Waals surface area contributed by atoms with Crippen LogP contribution in [0, 0.1) is 6.92 Å². The van der Waals surface area contributed by atoms with Gasteiger partial charge in [-0.2, -0.15) is 5.10 Å². The first-order chi connectivity index (χ1) is 5.24. The summed E-state index contributed by atoms with van der Waals surface area (Å²) in [6, 6.07) is 0. The lowest BCUT2D eigenvalue weighted by molar-refractivity contribution is 0.434. The van der Waals surface area contributed by atoms with Crippen molar-refractivity contribution >= 4 is 5.69 Å².